The van der Waals surface area contributed by atoms with Crippen molar-refractivity contribution in [3.8, 4) is 17.0 Å². The van der Waals surface area contributed by atoms with Crippen LogP contribution in [0.3, 0.4) is 0 Å². The fourth-order valence-electron chi connectivity index (χ4n) is 2.67. The van der Waals surface area contributed by atoms with Gasteiger partial charge in [0.25, 0.3) is 5.91 Å². The molecule has 0 aliphatic carbocycles. The number of rotatable bonds is 5. The predicted octanol–water partition coefficient (Wildman–Crippen LogP) is 4.50. The van der Waals surface area contributed by atoms with E-state index in [-0.39, 0.29) is 5.91 Å². The topological polar surface area (TPSA) is 81.4 Å². The number of amides is 1. The summed E-state index contributed by atoms with van der Waals surface area (Å²) in [6, 6.07) is 15.9. The van der Waals surface area contributed by atoms with Crippen molar-refractivity contribution in [1.82, 2.24) is 19.8 Å². The molecule has 2 aromatic carbocycles. The Labute approximate surface area is 176 Å². The van der Waals surface area contributed by atoms with Crippen LogP contribution < -0.4 is 10.1 Å². The zero-order chi connectivity index (χ0) is 20.4. The quantitative estimate of drug-likeness (QED) is 0.506. The number of ether oxygens (including phenoxy) is 1. The van der Waals surface area contributed by atoms with Crippen LogP contribution in [0, 0.1) is 0 Å². The van der Waals surface area contributed by atoms with Crippen LogP contribution in [0.15, 0.2) is 60.9 Å². The molecule has 0 bridgehead atoms. The summed E-state index contributed by atoms with van der Waals surface area (Å²) >= 11 is 12.0. The zero-order valence-electron chi connectivity index (χ0n) is 15.2. The van der Waals surface area contributed by atoms with Gasteiger partial charge >= 0.3 is 0 Å². The molecule has 1 amide bonds. The molecule has 4 rings (SSSR count). The van der Waals surface area contributed by atoms with Crippen molar-refractivity contribution in [3.05, 3.63) is 71.0 Å². The maximum absolute atomic E-state index is 12.4. The molecular formula is C20H15Cl2N5O2. The summed E-state index contributed by atoms with van der Waals surface area (Å²) in [4.78, 5) is 12.4. The summed E-state index contributed by atoms with van der Waals surface area (Å²) in [5.41, 5.74) is 2.98. The molecule has 7 nitrogen and oxygen atoms in total. The molecular weight excluding hydrogens is 413 g/mol. The van der Waals surface area contributed by atoms with E-state index >= 15 is 0 Å². The van der Waals surface area contributed by atoms with Crippen LogP contribution >= 0.6 is 23.2 Å². The highest BCUT2D eigenvalue weighted by Gasteiger charge is 2.16. The number of aromatic nitrogens is 4. The zero-order valence-corrected chi connectivity index (χ0v) is 16.7. The normalized spacial score (nSPS) is 12.0. The van der Waals surface area contributed by atoms with Gasteiger partial charge in [-0.1, -0.05) is 35.3 Å². The monoisotopic (exact) mass is 427 g/mol. The van der Waals surface area contributed by atoms with Gasteiger partial charge in [-0.3, -0.25) is 4.79 Å². The average molecular weight is 428 g/mol. The van der Waals surface area contributed by atoms with Gasteiger partial charge in [0.15, 0.2) is 11.8 Å². The molecule has 1 atom stereocenters. The first kappa shape index (κ1) is 19.2. The fourth-order valence-corrected chi connectivity index (χ4v) is 3.12. The summed E-state index contributed by atoms with van der Waals surface area (Å²) in [5, 5.41) is 15.9. The Morgan fingerprint density at radius 1 is 1.10 bits per heavy atom. The first-order chi connectivity index (χ1) is 14.0. The number of carbonyl (C=O) groups is 1. The summed E-state index contributed by atoms with van der Waals surface area (Å²) in [6.07, 6.45) is 0.799. The number of fused-ring (bicyclic) bond motifs is 1. The second-order valence-electron chi connectivity index (χ2n) is 6.25. The van der Waals surface area contributed by atoms with E-state index in [1.54, 1.807) is 48.1 Å². The number of nitrogens with one attached hydrogen (secondary N) is 1. The van der Waals surface area contributed by atoms with Gasteiger partial charge in [0, 0.05) is 16.3 Å². The Morgan fingerprint density at radius 2 is 1.90 bits per heavy atom. The summed E-state index contributed by atoms with van der Waals surface area (Å²) in [6.45, 7) is 1.65. The molecule has 4 aromatic rings. The van der Waals surface area contributed by atoms with E-state index in [0.717, 1.165) is 11.3 Å². The molecule has 2 aromatic heterocycles. The van der Waals surface area contributed by atoms with E-state index in [4.69, 9.17) is 27.9 Å². The standard InChI is InChI=1S/C20H15Cl2N5O2/c1-12(29-18-8-4-14(21)10-16(18)22)20(28)24-15-5-2-13(3-6-15)17-7-9-19-25-23-11-27(19)26-17/h2-12H,1H3,(H,24,28). The van der Waals surface area contributed by atoms with Crippen LogP contribution in [0.25, 0.3) is 16.9 Å². The first-order valence-electron chi connectivity index (χ1n) is 8.70. The minimum atomic E-state index is -0.744. The second-order valence-corrected chi connectivity index (χ2v) is 7.10. The minimum absolute atomic E-state index is 0.298. The number of hydrogen-bond acceptors (Lipinski definition) is 5. The fraction of sp³-hybridized carbons (Fsp3) is 0.100. The van der Waals surface area contributed by atoms with Crippen molar-refractivity contribution in [1.29, 1.82) is 0 Å². The van der Waals surface area contributed by atoms with Crippen LogP contribution in [-0.4, -0.2) is 31.8 Å². The molecule has 0 saturated heterocycles. The Morgan fingerprint density at radius 3 is 2.66 bits per heavy atom. The maximum atomic E-state index is 12.4. The molecule has 146 valence electrons. The van der Waals surface area contributed by atoms with Crippen LogP contribution in [0.4, 0.5) is 5.69 Å². The lowest BCUT2D eigenvalue weighted by Crippen LogP contribution is -2.30. The molecule has 1 unspecified atom stereocenters. The third-order valence-corrected chi connectivity index (χ3v) is 4.71. The highest BCUT2D eigenvalue weighted by Crippen LogP contribution is 2.28. The molecule has 0 radical (unpaired) electrons. The Bertz CT molecular complexity index is 1180. The third-order valence-electron chi connectivity index (χ3n) is 4.18. The van der Waals surface area contributed by atoms with E-state index in [1.807, 2.05) is 24.3 Å². The summed E-state index contributed by atoms with van der Waals surface area (Å²) < 4.78 is 7.24. The van der Waals surface area contributed by atoms with Gasteiger partial charge in [0.05, 0.1) is 10.7 Å². The molecule has 0 saturated carbocycles. The molecule has 2 heterocycles. The van der Waals surface area contributed by atoms with E-state index in [9.17, 15) is 4.79 Å². The Balaban J connectivity index is 1.43. The largest absolute Gasteiger partial charge is 0.479 e. The lowest BCUT2D eigenvalue weighted by Gasteiger charge is -2.16. The van der Waals surface area contributed by atoms with Crippen LogP contribution in [-0.2, 0) is 4.79 Å². The van der Waals surface area contributed by atoms with Gasteiger partial charge in [-0.15, -0.1) is 10.2 Å². The van der Waals surface area contributed by atoms with Gasteiger partial charge in [0.1, 0.15) is 12.1 Å². The molecule has 1 N–H and O–H groups in total. The lowest BCUT2D eigenvalue weighted by atomic mass is 10.1. The van der Waals surface area contributed by atoms with Crippen molar-refractivity contribution in [3.63, 3.8) is 0 Å². The Hall–Kier alpha value is -3.16. The number of benzene rings is 2. The van der Waals surface area contributed by atoms with Crippen molar-refractivity contribution in [2.24, 2.45) is 0 Å². The maximum Gasteiger partial charge on any atom is 0.265 e. The molecule has 0 aliphatic rings. The number of hydrogen-bond donors (Lipinski definition) is 1. The van der Waals surface area contributed by atoms with Crippen molar-refractivity contribution >= 4 is 40.4 Å². The number of anilines is 1. The number of halogens is 2. The third kappa shape index (κ3) is 4.31. The highest BCUT2D eigenvalue weighted by molar-refractivity contribution is 6.35. The van der Waals surface area contributed by atoms with Gasteiger partial charge in [-0.2, -0.15) is 9.61 Å². The van der Waals surface area contributed by atoms with Crippen LogP contribution in [0.2, 0.25) is 10.0 Å². The summed E-state index contributed by atoms with van der Waals surface area (Å²) in [7, 11) is 0. The van der Waals surface area contributed by atoms with Crippen LogP contribution in [0.1, 0.15) is 6.92 Å². The number of nitrogens with zero attached hydrogens (tertiary/aromatic N) is 4. The smallest absolute Gasteiger partial charge is 0.265 e. The minimum Gasteiger partial charge on any atom is -0.479 e. The van der Waals surface area contributed by atoms with Gasteiger partial charge < -0.3 is 10.1 Å². The van der Waals surface area contributed by atoms with Gasteiger partial charge in [-0.25, -0.2) is 0 Å². The van der Waals surface area contributed by atoms with E-state index in [1.165, 1.54) is 0 Å². The van der Waals surface area contributed by atoms with E-state index in [2.05, 4.69) is 20.6 Å². The SMILES string of the molecule is CC(Oc1ccc(Cl)cc1Cl)C(=O)Nc1ccc(-c2ccc3nncn3n2)cc1. The molecule has 29 heavy (non-hydrogen) atoms. The van der Waals surface area contributed by atoms with Crippen molar-refractivity contribution < 1.29 is 9.53 Å². The number of carbonyl (C=O) groups excluding carboxylic acids is 1. The Kier molecular flexibility index (Phi) is 5.33. The van der Waals surface area contributed by atoms with Crippen molar-refractivity contribution in [2.45, 2.75) is 13.0 Å². The predicted molar refractivity (Wildman–Crippen MR) is 111 cm³/mol. The summed E-state index contributed by atoms with van der Waals surface area (Å²) in [5.74, 6) is 0.0947. The molecule has 0 fully saturated rings. The van der Waals surface area contributed by atoms with Crippen molar-refractivity contribution in [2.75, 3.05) is 5.32 Å². The highest BCUT2D eigenvalue weighted by atomic mass is 35.5. The molecule has 9 heteroatoms. The van der Waals surface area contributed by atoms with E-state index < -0.39 is 6.10 Å². The lowest BCUT2D eigenvalue weighted by molar-refractivity contribution is -0.122. The van der Waals surface area contributed by atoms with Crippen LogP contribution in [0.5, 0.6) is 5.75 Å². The average Bonchev–Trinajstić information content (AvgIpc) is 3.18. The van der Waals surface area contributed by atoms with Gasteiger partial charge in [0.2, 0.25) is 0 Å². The van der Waals surface area contributed by atoms with Gasteiger partial charge in [-0.05, 0) is 49.4 Å². The van der Waals surface area contributed by atoms with E-state index in [0.29, 0.717) is 27.1 Å². The second kappa shape index (κ2) is 8.06. The molecule has 0 aliphatic heterocycles. The molecule has 0 spiro atoms. The first-order valence-corrected chi connectivity index (χ1v) is 9.45.